The molecule has 1 aromatic heterocycles. The molecular formula is C18H29N5O2. The summed E-state index contributed by atoms with van der Waals surface area (Å²) in [4.78, 5) is 30.2. The van der Waals surface area contributed by atoms with Crippen molar-refractivity contribution in [2.75, 3.05) is 39.3 Å². The molecule has 0 bridgehead atoms. The molecule has 25 heavy (non-hydrogen) atoms. The van der Waals surface area contributed by atoms with E-state index in [0.29, 0.717) is 32.7 Å². The predicted octanol–water partition coefficient (Wildman–Crippen LogP) is 0.865. The number of rotatable bonds is 3. The normalized spacial score (nSPS) is 21.8. The van der Waals surface area contributed by atoms with Crippen LogP contribution in [0.2, 0.25) is 0 Å². The highest BCUT2D eigenvalue weighted by Crippen LogP contribution is 2.35. The molecular weight excluding hydrogens is 318 g/mol. The van der Waals surface area contributed by atoms with Gasteiger partial charge in [0.05, 0.1) is 12.2 Å². The van der Waals surface area contributed by atoms with Crippen LogP contribution in [-0.4, -0.2) is 75.6 Å². The summed E-state index contributed by atoms with van der Waals surface area (Å²) in [5, 5.41) is 4.54. The van der Waals surface area contributed by atoms with Gasteiger partial charge in [-0.25, -0.2) is 0 Å². The molecule has 0 saturated carbocycles. The second kappa shape index (κ2) is 7.15. The number of carbonyl (C=O) groups is 2. The molecule has 0 aromatic carbocycles. The topological polar surface area (TPSA) is 61.7 Å². The van der Waals surface area contributed by atoms with Crippen LogP contribution in [0.15, 0.2) is 0 Å². The number of aryl methyl sites for hydroxylation is 2. The number of hydrogen-bond donors (Lipinski definition) is 0. The van der Waals surface area contributed by atoms with Gasteiger partial charge in [0.25, 0.3) is 0 Å². The molecule has 1 atom stereocenters. The molecule has 3 heterocycles. The van der Waals surface area contributed by atoms with Crippen LogP contribution in [0, 0.1) is 13.8 Å². The van der Waals surface area contributed by atoms with Gasteiger partial charge in [0.1, 0.15) is 0 Å². The summed E-state index contributed by atoms with van der Waals surface area (Å²) < 4.78 is 1.93. The highest BCUT2D eigenvalue weighted by molar-refractivity contribution is 5.79. The van der Waals surface area contributed by atoms with Crippen LogP contribution in [0.1, 0.15) is 42.8 Å². The minimum absolute atomic E-state index is 0.0919. The Morgan fingerprint density at radius 3 is 2.28 bits per heavy atom. The lowest BCUT2D eigenvalue weighted by Gasteiger charge is -2.35. The largest absolute Gasteiger partial charge is 0.339 e. The summed E-state index contributed by atoms with van der Waals surface area (Å²) in [5.74, 6) is 0.267. The van der Waals surface area contributed by atoms with Crippen LogP contribution in [-0.2, 0) is 16.6 Å². The van der Waals surface area contributed by atoms with Crippen LogP contribution in [0.25, 0.3) is 0 Å². The van der Waals surface area contributed by atoms with E-state index in [1.807, 2.05) is 21.5 Å². The fraction of sp³-hybridized carbons (Fsp3) is 0.722. The molecule has 2 fully saturated rings. The minimum atomic E-state index is 0.0919. The Kier molecular flexibility index (Phi) is 5.13. The van der Waals surface area contributed by atoms with Gasteiger partial charge in [-0.2, -0.15) is 5.10 Å². The third kappa shape index (κ3) is 3.56. The smallest absolute Gasteiger partial charge is 0.236 e. The Bertz CT molecular complexity index is 661. The maximum Gasteiger partial charge on any atom is 0.236 e. The van der Waals surface area contributed by atoms with Crippen molar-refractivity contribution in [2.24, 2.45) is 7.05 Å². The summed E-state index contributed by atoms with van der Waals surface area (Å²) in [5.41, 5.74) is 3.55. The summed E-state index contributed by atoms with van der Waals surface area (Å²) in [6, 6.07) is 0.288. The van der Waals surface area contributed by atoms with Gasteiger partial charge in [-0.15, -0.1) is 0 Å². The fourth-order valence-electron chi connectivity index (χ4n) is 4.16. The Hall–Kier alpha value is -1.89. The lowest BCUT2D eigenvalue weighted by Crippen LogP contribution is -2.52. The van der Waals surface area contributed by atoms with E-state index in [0.717, 1.165) is 25.1 Å². The van der Waals surface area contributed by atoms with Crippen LogP contribution < -0.4 is 0 Å². The molecule has 7 nitrogen and oxygen atoms in total. The van der Waals surface area contributed by atoms with Gasteiger partial charge in [-0.3, -0.25) is 19.2 Å². The Morgan fingerprint density at radius 2 is 1.72 bits per heavy atom. The first kappa shape index (κ1) is 17.9. The molecule has 0 aliphatic carbocycles. The molecule has 0 unspecified atom stereocenters. The highest BCUT2D eigenvalue weighted by atomic mass is 16.2. The molecule has 0 radical (unpaired) electrons. The van der Waals surface area contributed by atoms with Gasteiger partial charge in [-0.05, 0) is 33.2 Å². The summed E-state index contributed by atoms with van der Waals surface area (Å²) in [6.45, 7) is 9.73. The quantitative estimate of drug-likeness (QED) is 0.814. The Labute approximate surface area is 149 Å². The Balaban J connectivity index is 1.64. The first-order valence-electron chi connectivity index (χ1n) is 9.16. The van der Waals surface area contributed by atoms with Crippen molar-refractivity contribution in [1.82, 2.24) is 24.5 Å². The van der Waals surface area contributed by atoms with E-state index in [9.17, 15) is 9.59 Å². The van der Waals surface area contributed by atoms with Crippen molar-refractivity contribution in [3.63, 3.8) is 0 Å². The molecule has 1 aromatic rings. The number of amides is 2. The van der Waals surface area contributed by atoms with E-state index in [1.165, 1.54) is 11.3 Å². The molecule has 3 rings (SSSR count). The van der Waals surface area contributed by atoms with E-state index in [2.05, 4.69) is 23.8 Å². The SMILES string of the molecule is CC(=O)N1CCN(C(=O)CN2CCC[C@H]2c2c(C)nn(C)c2C)CC1. The molecule has 138 valence electrons. The van der Waals surface area contributed by atoms with Crippen LogP contribution in [0.5, 0.6) is 0 Å². The third-order valence-corrected chi connectivity index (χ3v) is 5.68. The van der Waals surface area contributed by atoms with E-state index in [1.54, 1.807) is 6.92 Å². The van der Waals surface area contributed by atoms with Crippen molar-refractivity contribution in [3.05, 3.63) is 17.0 Å². The van der Waals surface area contributed by atoms with E-state index in [-0.39, 0.29) is 17.9 Å². The Morgan fingerprint density at radius 1 is 1.08 bits per heavy atom. The third-order valence-electron chi connectivity index (χ3n) is 5.68. The number of likely N-dealkylation sites (tertiary alicyclic amines) is 1. The molecule has 2 aliphatic heterocycles. The predicted molar refractivity (Wildman–Crippen MR) is 95.1 cm³/mol. The second-order valence-electron chi connectivity index (χ2n) is 7.22. The zero-order valence-corrected chi connectivity index (χ0v) is 15.8. The molecule has 2 aliphatic rings. The van der Waals surface area contributed by atoms with Gasteiger partial charge < -0.3 is 9.80 Å². The highest BCUT2D eigenvalue weighted by Gasteiger charge is 2.33. The standard InChI is InChI=1S/C18H29N5O2/c1-13-18(14(2)20(4)19-13)16-6-5-7-23(16)12-17(25)22-10-8-21(9-11-22)15(3)24/h16H,5-12H2,1-4H3/t16-/m0/s1. The van der Waals surface area contributed by atoms with Gasteiger partial charge >= 0.3 is 0 Å². The first-order chi connectivity index (χ1) is 11.9. The van der Waals surface area contributed by atoms with E-state index in [4.69, 9.17) is 0 Å². The van der Waals surface area contributed by atoms with Crippen molar-refractivity contribution >= 4 is 11.8 Å². The average Bonchev–Trinajstić information content (AvgIpc) is 3.11. The van der Waals surface area contributed by atoms with Crippen molar-refractivity contribution in [1.29, 1.82) is 0 Å². The maximum absolute atomic E-state index is 12.7. The maximum atomic E-state index is 12.7. The molecule has 0 N–H and O–H groups in total. The van der Waals surface area contributed by atoms with E-state index >= 15 is 0 Å². The minimum Gasteiger partial charge on any atom is -0.339 e. The van der Waals surface area contributed by atoms with Gasteiger partial charge in [0.2, 0.25) is 11.8 Å². The van der Waals surface area contributed by atoms with Crippen molar-refractivity contribution < 1.29 is 9.59 Å². The van der Waals surface area contributed by atoms with Crippen LogP contribution in [0.3, 0.4) is 0 Å². The molecule has 7 heteroatoms. The van der Waals surface area contributed by atoms with Crippen LogP contribution >= 0.6 is 0 Å². The lowest BCUT2D eigenvalue weighted by atomic mass is 10.0. The number of aromatic nitrogens is 2. The van der Waals surface area contributed by atoms with Crippen molar-refractivity contribution in [2.45, 2.75) is 39.7 Å². The number of hydrogen-bond acceptors (Lipinski definition) is 4. The number of piperazine rings is 1. The van der Waals surface area contributed by atoms with Crippen LogP contribution in [0.4, 0.5) is 0 Å². The zero-order valence-electron chi connectivity index (χ0n) is 15.8. The zero-order chi connectivity index (χ0) is 18.1. The number of nitrogens with zero attached hydrogens (tertiary/aromatic N) is 5. The van der Waals surface area contributed by atoms with Gasteiger partial charge in [-0.1, -0.05) is 0 Å². The van der Waals surface area contributed by atoms with Gasteiger partial charge in [0.15, 0.2) is 0 Å². The lowest BCUT2D eigenvalue weighted by molar-refractivity contribution is -0.139. The molecule has 0 spiro atoms. The summed E-state index contributed by atoms with van der Waals surface area (Å²) >= 11 is 0. The van der Waals surface area contributed by atoms with E-state index < -0.39 is 0 Å². The molecule has 2 saturated heterocycles. The van der Waals surface area contributed by atoms with Gasteiger partial charge in [0, 0.05) is 57.4 Å². The summed E-state index contributed by atoms with van der Waals surface area (Å²) in [7, 11) is 1.98. The first-order valence-corrected chi connectivity index (χ1v) is 9.16. The second-order valence-corrected chi connectivity index (χ2v) is 7.22. The number of carbonyl (C=O) groups excluding carboxylic acids is 2. The fourth-order valence-corrected chi connectivity index (χ4v) is 4.16. The monoisotopic (exact) mass is 347 g/mol. The average molecular weight is 347 g/mol. The summed E-state index contributed by atoms with van der Waals surface area (Å²) in [6.07, 6.45) is 2.20. The van der Waals surface area contributed by atoms with Crippen molar-refractivity contribution in [3.8, 4) is 0 Å². The molecule has 2 amide bonds.